The van der Waals surface area contributed by atoms with Crippen molar-refractivity contribution in [2.45, 2.75) is 42.5 Å². The summed E-state index contributed by atoms with van der Waals surface area (Å²) in [5, 5.41) is 5.13. The summed E-state index contributed by atoms with van der Waals surface area (Å²) in [6.07, 6.45) is 0.899. The van der Waals surface area contributed by atoms with Gasteiger partial charge in [-0.15, -0.1) is 0 Å². The lowest BCUT2D eigenvalue weighted by molar-refractivity contribution is -0.137. The summed E-state index contributed by atoms with van der Waals surface area (Å²) in [6, 6.07) is 12.6. The van der Waals surface area contributed by atoms with E-state index in [1.54, 1.807) is 48.3 Å². The average molecular weight is 480 g/mol. The molecule has 0 radical (unpaired) electrons. The van der Waals surface area contributed by atoms with E-state index in [1.165, 1.54) is 16.4 Å². The van der Waals surface area contributed by atoms with Crippen LogP contribution in [0.2, 0.25) is 0 Å². The van der Waals surface area contributed by atoms with Gasteiger partial charge in [-0.25, -0.2) is 22.0 Å². The van der Waals surface area contributed by atoms with E-state index in [-0.39, 0.29) is 40.7 Å². The first kappa shape index (κ1) is 24.4. The molecule has 2 aromatic carbocycles. The molecule has 3 rings (SSSR count). The van der Waals surface area contributed by atoms with Crippen molar-refractivity contribution in [3.05, 3.63) is 59.7 Å². The van der Waals surface area contributed by atoms with Crippen LogP contribution in [0.3, 0.4) is 0 Å². The lowest BCUT2D eigenvalue weighted by Gasteiger charge is -2.34. The molecule has 10 heteroatoms. The molecular formula is C22H29N3O5S2. The molecule has 174 valence electrons. The molecule has 0 unspecified atom stereocenters. The van der Waals surface area contributed by atoms with Crippen LogP contribution in [0.1, 0.15) is 36.9 Å². The molecule has 0 aliphatic carbocycles. The number of carbonyl (C=O) groups is 1. The lowest BCUT2D eigenvalue weighted by atomic mass is 9.95. The number of nitrogens with two attached hydrogens (primary N) is 1. The lowest BCUT2D eigenvalue weighted by Crippen LogP contribution is -2.43. The van der Waals surface area contributed by atoms with E-state index in [9.17, 15) is 21.6 Å². The van der Waals surface area contributed by atoms with Crippen molar-refractivity contribution in [1.29, 1.82) is 0 Å². The molecule has 1 heterocycles. The Kier molecular flexibility index (Phi) is 7.09. The topological polar surface area (TPSA) is 118 Å². The number of primary sulfonamides is 1. The van der Waals surface area contributed by atoms with Gasteiger partial charge in [0, 0.05) is 26.1 Å². The van der Waals surface area contributed by atoms with Gasteiger partial charge in [0.2, 0.25) is 26.0 Å². The number of hydrogen-bond donors (Lipinski definition) is 1. The van der Waals surface area contributed by atoms with E-state index < -0.39 is 20.0 Å². The molecule has 1 amide bonds. The largest absolute Gasteiger partial charge is 0.339 e. The second-order valence-corrected chi connectivity index (χ2v) is 11.7. The van der Waals surface area contributed by atoms with Gasteiger partial charge in [-0.1, -0.05) is 29.8 Å². The molecule has 0 saturated carbocycles. The van der Waals surface area contributed by atoms with E-state index in [4.69, 9.17) is 5.14 Å². The maximum Gasteiger partial charge on any atom is 0.243 e. The monoisotopic (exact) mass is 479 g/mol. The average Bonchev–Trinajstić information content (AvgIpc) is 2.77. The van der Waals surface area contributed by atoms with Crippen molar-refractivity contribution < 1.29 is 21.6 Å². The maximum atomic E-state index is 13.0. The minimum atomic E-state index is -3.77. The number of aryl methyl sites for hydroxylation is 1. The number of rotatable bonds is 6. The number of sulfonamides is 2. The fourth-order valence-corrected chi connectivity index (χ4v) is 5.83. The molecule has 1 atom stereocenters. The van der Waals surface area contributed by atoms with E-state index in [2.05, 4.69) is 0 Å². The number of carbonyl (C=O) groups excluding carboxylic acids is 1. The number of hydrogen-bond acceptors (Lipinski definition) is 5. The van der Waals surface area contributed by atoms with E-state index in [0.717, 1.165) is 11.1 Å². The smallest absolute Gasteiger partial charge is 0.243 e. The minimum absolute atomic E-state index is 0.0181. The highest BCUT2D eigenvalue weighted by atomic mass is 32.2. The zero-order valence-electron chi connectivity index (χ0n) is 18.4. The summed E-state index contributed by atoms with van der Waals surface area (Å²) >= 11 is 0. The third-order valence-corrected chi connectivity index (χ3v) is 8.92. The van der Waals surface area contributed by atoms with Gasteiger partial charge in [0.05, 0.1) is 15.8 Å². The molecule has 32 heavy (non-hydrogen) atoms. The van der Waals surface area contributed by atoms with E-state index in [1.807, 2.05) is 13.8 Å². The van der Waals surface area contributed by atoms with E-state index in [0.29, 0.717) is 12.8 Å². The molecule has 2 N–H and O–H groups in total. The van der Waals surface area contributed by atoms with Crippen molar-refractivity contribution >= 4 is 26.0 Å². The maximum absolute atomic E-state index is 13.0. The Balaban J connectivity index is 1.63. The van der Waals surface area contributed by atoms with Crippen LogP contribution in [-0.2, 0) is 24.8 Å². The zero-order chi connectivity index (χ0) is 23.7. The van der Waals surface area contributed by atoms with Gasteiger partial charge in [-0.05, 0) is 56.5 Å². The number of benzene rings is 2. The van der Waals surface area contributed by atoms with Crippen LogP contribution in [0.4, 0.5) is 0 Å². The van der Waals surface area contributed by atoms with Gasteiger partial charge < -0.3 is 4.90 Å². The van der Waals surface area contributed by atoms with Crippen LogP contribution < -0.4 is 5.14 Å². The quantitative estimate of drug-likeness (QED) is 0.682. The molecule has 1 aliphatic rings. The first-order valence-corrected chi connectivity index (χ1v) is 13.4. The van der Waals surface area contributed by atoms with Gasteiger partial charge in [0.1, 0.15) is 0 Å². The van der Waals surface area contributed by atoms with Crippen LogP contribution in [0, 0.1) is 12.8 Å². The van der Waals surface area contributed by atoms with Gasteiger partial charge in [0.15, 0.2) is 0 Å². The Morgan fingerprint density at radius 2 is 1.47 bits per heavy atom. The Hall–Kier alpha value is -2.27. The molecule has 1 saturated heterocycles. The van der Waals surface area contributed by atoms with Crippen molar-refractivity contribution in [3.8, 4) is 0 Å². The van der Waals surface area contributed by atoms with Gasteiger partial charge in [0.25, 0.3) is 0 Å². The van der Waals surface area contributed by atoms with Crippen molar-refractivity contribution in [2.24, 2.45) is 11.1 Å². The standard InChI is InChI=1S/C22H29N3O5S2/c1-16-4-8-21(9-5-16)32(29,30)25-14-12-19(13-15-25)22(26)24(3)17(2)18-6-10-20(11-7-18)31(23,27)28/h4-11,17,19H,12-15H2,1-3H3,(H2,23,27,28)/t17-/m0/s1. The van der Waals surface area contributed by atoms with E-state index >= 15 is 0 Å². The summed E-state index contributed by atoms with van der Waals surface area (Å²) in [6.45, 7) is 4.34. The molecule has 1 aliphatic heterocycles. The van der Waals surface area contributed by atoms with Crippen molar-refractivity contribution in [3.63, 3.8) is 0 Å². The fourth-order valence-electron chi connectivity index (χ4n) is 3.84. The number of nitrogens with zero attached hydrogens (tertiary/aromatic N) is 2. The van der Waals surface area contributed by atoms with Crippen molar-refractivity contribution in [2.75, 3.05) is 20.1 Å². The normalized spacial score (nSPS) is 17.1. The highest BCUT2D eigenvalue weighted by molar-refractivity contribution is 7.89. The first-order valence-electron chi connectivity index (χ1n) is 10.4. The summed E-state index contributed by atoms with van der Waals surface area (Å²) in [4.78, 5) is 15.0. The summed E-state index contributed by atoms with van der Waals surface area (Å²) < 4.78 is 50.1. The van der Waals surface area contributed by atoms with Gasteiger partial charge >= 0.3 is 0 Å². The highest BCUT2D eigenvalue weighted by Gasteiger charge is 2.34. The van der Waals surface area contributed by atoms with Crippen LogP contribution >= 0.6 is 0 Å². The molecule has 1 fully saturated rings. The van der Waals surface area contributed by atoms with Crippen LogP contribution in [0.25, 0.3) is 0 Å². The molecule has 0 aromatic heterocycles. The summed E-state index contributed by atoms with van der Waals surface area (Å²) in [7, 11) is -5.64. The summed E-state index contributed by atoms with van der Waals surface area (Å²) in [5.41, 5.74) is 1.78. The second kappa shape index (κ2) is 9.30. The summed E-state index contributed by atoms with van der Waals surface area (Å²) in [5.74, 6) is -0.323. The highest BCUT2D eigenvalue weighted by Crippen LogP contribution is 2.28. The Morgan fingerprint density at radius 3 is 1.97 bits per heavy atom. The third-order valence-electron chi connectivity index (χ3n) is 6.08. The first-order chi connectivity index (χ1) is 14.9. The Bertz CT molecular complexity index is 1170. The molecule has 2 aromatic rings. The minimum Gasteiger partial charge on any atom is -0.339 e. The van der Waals surface area contributed by atoms with Crippen LogP contribution in [0.5, 0.6) is 0 Å². The molecule has 0 bridgehead atoms. The predicted octanol–water partition coefficient (Wildman–Crippen LogP) is 2.26. The Morgan fingerprint density at radius 1 is 0.969 bits per heavy atom. The second-order valence-electron chi connectivity index (χ2n) is 8.23. The van der Waals surface area contributed by atoms with Crippen LogP contribution in [-0.4, -0.2) is 52.1 Å². The third kappa shape index (κ3) is 5.20. The van der Waals surface area contributed by atoms with Gasteiger partial charge in [-0.2, -0.15) is 4.31 Å². The molecular weight excluding hydrogens is 450 g/mol. The van der Waals surface area contributed by atoms with Crippen molar-refractivity contribution in [1.82, 2.24) is 9.21 Å². The Labute approximate surface area is 190 Å². The zero-order valence-corrected chi connectivity index (χ0v) is 20.1. The number of piperidine rings is 1. The molecule has 8 nitrogen and oxygen atoms in total. The number of amides is 1. The molecule has 0 spiro atoms. The van der Waals surface area contributed by atoms with Crippen LogP contribution in [0.15, 0.2) is 58.3 Å². The SMILES string of the molecule is Cc1ccc(S(=O)(=O)N2CCC(C(=O)N(C)[C@@H](C)c3ccc(S(N)(=O)=O)cc3)CC2)cc1. The fraction of sp³-hybridized carbons (Fsp3) is 0.409. The predicted molar refractivity (Wildman–Crippen MR) is 122 cm³/mol. The van der Waals surface area contributed by atoms with Gasteiger partial charge in [-0.3, -0.25) is 4.79 Å².